The lowest BCUT2D eigenvalue weighted by Crippen LogP contribution is -2.22. The summed E-state index contributed by atoms with van der Waals surface area (Å²) in [7, 11) is 5.69. The Bertz CT molecular complexity index is 1050. The van der Waals surface area contributed by atoms with Gasteiger partial charge in [0.05, 0.1) is 11.4 Å². The van der Waals surface area contributed by atoms with Crippen LogP contribution in [0.25, 0.3) is 0 Å². The highest BCUT2D eigenvalue weighted by molar-refractivity contribution is 6.07. The molecule has 3 rings (SSSR count). The SMILES string of the molecule is CNCC(Oc1ccccc1N=C(C)c1c(C)nnc(N(C)C)c1N)c1ccccc1. The van der Waals surface area contributed by atoms with Crippen molar-refractivity contribution in [3.8, 4) is 5.75 Å². The van der Waals surface area contributed by atoms with E-state index in [4.69, 9.17) is 15.5 Å². The van der Waals surface area contributed by atoms with E-state index >= 15 is 0 Å². The zero-order valence-electron chi connectivity index (χ0n) is 18.8. The summed E-state index contributed by atoms with van der Waals surface area (Å²) in [6, 6.07) is 17.9. The molecule has 0 radical (unpaired) electrons. The van der Waals surface area contributed by atoms with Crippen LogP contribution in [0.5, 0.6) is 5.75 Å². The Balaban J connectivity index is 1.99. The van der Waals surface area contributed by atoms with E-state index in [0.717, 1.165) is 28.2 Å². The summed E-state index contributed by atoms with van der Waals surface area (Å²) in [4.78, 5) is 6.71. The Morgan fingerprint density at radius 1 is 1.10 bits per heavy atom. The van der Waals surface area contributed by atoms with Crippen LogP contribution in [0.3, 0.4) is 0 Å². The number of ether oxygens (including phenoxy) is 1. The van der Waals surface area contributed by atoms with E-state index < -0.39 is 0 Å². The minimum Gasteiger partial charge on any atom is -0.482 e. The first kappa shape index (κ1) is 22.2. The highest BCUT2D eigenvalue weighted by Gasteiger charge is 2.17. The van der Waals surface area contributed by atoms with Crippen LogP contribution < -0.4 is 20.7 Å². The van der Waals surface area contributed by atoms with E-state index in [1.807, 2.05) is 82.4 Å². The standard InChI is InChI=1S/C24H30N6O/c1-16(22-17(2)28-29-24(23(22)25)30(4)5)27-19-13-9-10-14-20(19)31-21(15-26-3)18-11-7-6-8-12-18/h6-14,21,26H,15H2,1-5H3,(H2,25,28). The predicted octanol–water partition coefficient (Wildman–Crippen LogP) is 3.91. The highest BCUT2D eigenvalue weighted by atomic mass is 16.5. The summed E-state index contributed by atoms with van der Waals surface area (Å²) in [5, 5.41) is 11.7. The molecule has 0 saturated carbocycles. The molecule has 1 aromatic heterocycles. The second-order valence-corrected chi connectivity index (χ2v) is 7.53. The van der Waals surface area contributed by atoms with Crippen molar-refractivity contribution in [2.45, 2.75) is 20.0 Å². The molecule has 1 unspecified atom stereocenters. The lowest BCUT2D eigenvalue weighted by Gasteiger charge is -2.21. The third kappa shape index (κ3) is 5.19. The Morgan fingerprint density at radius 3 is 2.45 bits per heavy atom. The molecule has 0 aliphatic rings. The minimum absolute atomic E-state index is 0.141. The molecule has 2 aromatic carbocycles. The molecule has 31 heavy (non-hydrogen) atoms. The summed E-state index contributed by atoms with van der Waals surface area (Å²) in [5.41, 5.74) is 11.1. The third-order valence-corrected chi connectivity index (χ3v) is 4.94. The van der Waals surface area contributed by atoms with E-state index in [-0.39, 0.29) is 6.10 Å². The Kier molecular flexibility index (Phi) is 7.20. The average molecular weight is 419 g/mol. The molecular weight excluding hydrogens is 388 g/mol. The molecule has 0 fully saturated rings. The van der Waals surface area contributed by atoms with Crippen molar-refractivity contribution in [1.82, 2.24) is 15.5 Å². The monoisotopic (exact) mass is 418 g/mol. The largest absolute Gasteiger partial charge is 0.482 e. The smallest absolute Gasteiger partial charge is 0.174 e. The van der Waals surface area contributed by atoms with Crippen molar-refractivity contribution < 1.29 is 4.74 Å². The molecule has 7 nitrogen and oxygen atoms in total. The van der Waals surface area contributed by atoms with E-state index in [1.54, 1.807) is 0 Å². The maximum Gasteiger partial charge on any atom is 0.174 e. The maximum absolute atomic E-state index is 6.41. The molecule has 0 aliphatic carbocycles. The number of nitrogens with one attached hydrogen (secondary N) is 1. The molecule has 1 atom stereocenters. The summed E-state index contributed by atoms with van der Waals surface area (Å²) >= 11 is 0. The zero-order valence-corrected chi connectivity index (χ0v) is 18.8. The fourth-order valence-corrected chi connectivity index (χ4v) is 3.44. The van der Waals surface area contributed by atoms with Crippen molar-refractivity contribution in [3.63, 3.8) is 0 Å². The van der Waals surface area contributed by atoms with Gasteiger partial charge in [-0.2, -0.15) is 5.10 Å². The molecule has 0 aliphatic heterocycles. The van der Waals surface area contributed by atoms with Crippen LogP contribution >= 0.6 is 0 Å². The van der Waals surface area contributed by atoms with E-state index in [1.165, 1.54) is 0 Å². The molecule has 7 heteroatoms. The first-order chi connectivity index (χ1) is 14.9. The molecule has 3 N–H and O–H groups in total. The number of nitrogen functional groups attached to an aromatic ring is 1. The predicted molar refractivity (Wildman–Crippen MR) is 128 cm³/mol. The number of rotatable bonds is 8. The fraction of sp³-hybridized carbons (Fsp3) is 0.292. The van der Waals surface area contributed by atoms with Gasteiger partial charge in [-0.3, -0.25) is 0 Å². The van der Waals surface area contributed by atoms with E-state index in [0.29, 0.717) is 23.8 Å². The van der Waals surface area contributed by atoms with Crippen LogP contribution in [-0.4, -0.2) is 43.6 Å². The normalized spacial score (nSPS) is 12.5. The minimum atomic E-state index is -0.141. The topological polar surface area (TPSA) is 88.7 Å². The van der Waals surface area contributed by atoms with Crippen LogP contribution in [0.4, 0.5) is 17.2 Å². The van der Waals surface area contributed by atoms with Crippen LogP contribution in [-0.2, 0) is 0 Å². The maximum atomic E-state index is 6.41. The molecule has 0 bridgehead atoms. The lowest BCUT2D eigenvalue weighted by atomic mass is 10.1. The van der Waals surface area contributed by atoms with Crippen molar-refractivity contribution in [2.75, 3.05) is 38.3 Å². The number of aryl methyl sites for hydroxylation is 1. The summed E-state index contributed by atoms with van der Waals surface area (Å²) in [6.45, 7) is 4.49. The molecule has 0 amide bonds. The van der Waals surface area contributed by atoms with Crippen LogP contribution in [0.15, 0.2) is 59.6 Å². The molecule has 1 heterocycles. The van der Waals surface area contributed by atoms with Crippen molar-refractivity contribution >= 4 is 22.9 Å². The summed E-state index contributed by atoms with van der Waals surface area (Å²) in [6.07, 6.45) is -0.141. The van der Waals surface area contributed by atoms with Gasteiger partial charge in [0.2, 0.25) is 0 Å². The number of para-hydroxylation sites is 2. The van der Waals surface area contributed by atoms with Crippen LogP contribution in [0.1, 0.15) is 29.8 Å². The Labute approximate surface area is 184 Å². The van der Waals surface area contributed by atoms with E-state index in [2.05, 4.69) is 27.6 Å². The molecule has 162 valence electrons. The average Bonchev–Trinajstić information content (AvgIpc) is 2.75. The van der Waals surface area contributed by atoms with Gasteiger partial charge >= 0.3 is 0 Å². The number of aromatic nitrogens is 2. The third-order valence-electron chi connectivity index (χ3n) is 4.94. The zero-order chi connectivity index (χ0) is 22.4. The van der Waals surface area contributed by atoms with Gasteiger partial charge in [-0.25, -0.2) is 4.99 Å². The van der Waals surface area contributed by atoms with Gasteiger partial charge < -0.3 is 20.7 Å². The number of aliphatic imine (C=N–C) groups is 1. The van der Waals surface area contributed by atoms with Gasteiger partial charge in [0, 0.05) is 31.9 Å². The number of benzene rings is 2. The molecular formula is C24H30N6O. The fourth-order valence-electron chi connectivity index (χ4n) is 3.44. The summed E-state index contributed by atoms with van der Waals surface area (Å²) < 4.78 is 6.39. The first-order valence-corrected chi connectivity index (χ1v) is 10.2. The van der Waals surface area contributed by atoms with Crippen molar-refractivity contribution in [1.29, 1.82) is 0 Å². The number of anilines is 2. The van der Waals surface area contributed by atoms with Gasteiger partial charge in [0.1, 0.15) is 17.5 Å². The summed E-state index contributed by atoms with van der Waals surface area (Å²) in [5.74, 6) is 1.33. The van der Waals surface area contributed by atoms with Gasteiger partial charge in [-0.15, -0.1) is 5.10 Å². The number of nitrogens with two attached hydrogens (primary N) is 1. The lowest BCUT2D eigenvalue weighted by molar-refractivity contribution is 0.206. The first-order valence-electron chi connectivity index (χ1n) is 10.2. The quantitative estimate of drug-likeness (QED) is 0.539. The Hall–Kier alpha value is -3.45. The molecule has 3 aromatic rings. The van der Waals surface area contributed by atoms with Crippen LogP contribution in [0, 0.1) is 6.92 Å². The van der Waals surface area contributed by atoms with Gasteiger partial charge in [0.25, 0.3) is 0 Å². The number of likely N-dealkylation sites (N-methyl/N-ethyl adjacent to an activating group) is 1. The van der Waals surface area contributed by atoms with Crippen LogP contribution in [0.2, 0.25) is 0 Å². The number of nitrogens with zero attached hydrogens (tertiary/aromatic N) is 4. The molecule has 0 saturated heterocycles. The number of hydrogen-bond acceptors (Lipinski definition) is 7. The van der Waals surface area contributed by atoms with Gasteiger partial charge in [0.15, 0.2) is 5.82 Å². The van der Waals surface area contributed by atoms with Crippen molar-refractivity contribution in [3.05, 3.63) is 71.4 Å². The second-order valence-electron chi connectivity index (χ2n) is 7.53. The van der Waals surface area contributed by atoms with Gasteiger partial charge in [-0.05, 0) is 38.6 Å². The molecule has 0 spiro atoms. The van der Waals surface area contributed by atoms with Gasteiger partial charge in [-0.1, -0.05) is 42.5 Å². The van der Waals surface area contributed by atoms with E-state index in [9.17, 15) is 0 Å². The number of hydrogen-bond donors (Lipinski definition) is 2. The van der Waals surface area contributed by atoms with Crippen molar-refractivity contribution in [2.24, 2.45) is 4.99 Å². The Morgan fingerprint density at radius 2 is 1.77 bits per heavy atom. The second kappa shape index (κ2) is 10.0. The highest BCUT2D eigenvalue weighted by Crippen LogP contribution is 2.33.